The number of rotatable bonds is 4. The van der Waals surface area contributed by atoms with Gasteiger partial charge >= 0.3 is 0 Å². The van der Waals surface area contributed by atoms with Crippen molar-refractivity contribution < 1.29 is 14.6 Å². The van der Waals surface area contributed by atoms with Gasteiger partial charge in [-0.15, -0.1) is 0 Å². The van der Waals surface area contributed by atoms with Crippen molar-refractivity contribution in [3.05, 3.63) is 23.8 Å². The second-order valence-electron chi connectivity index (χ2n) is 5.06. The fourth-order valence-electron chi connectivity index (χ4n) is 2.07. The molecule has 1 aromatic rings. The lowest BCUT2D eigenvalue weighted by Crippen LogP contribution is -2.25. The van der Waals surface area contributed by atoms with Crippen LogP contribution in [0.2, 0.25) is 0 Å². The normalized spacial score (nSPS) is 15.9. The van der Waals surface area contributed by atoms with E-state index in [1.807, 2.05) is 18.2 Å². The quantitative estimate of drug-likeness (QED) is 0.855. The highest BCUT2D eigenvalue weighted by Gasteiger charge is 2.18. The number of carbonyl (C=O) groups is 1. The lowest BCUT2D eigenvalue weighted by atomic mass is 9.90. The van der Waals surface area contributed by atoms with E-state index in [0.717, 1.165) is 17.7 Å². The summed E-state index contributed by atoms with van der Waals surface area (Å²) >= 11 is 0. The Kier molecular flexibility index (Phi) is 3.87. The van der Waals surface area contributed by atoms with Gasteiger partial charge < -0.3 is 15.2 Å². The first kappa shape index (κ1) is 12.9. The molecule has 1 aliphatic heterocycles. The van der Waals surface area contributed by atoms with Crippen LogP contribution in [0.1, 0.15) is 19.4 Å². The maximum atomic E-state index is 11.2. The summed E-state index contributed by atoms with van der Waals surface area (Å²) in [5.74, 6) is 1.26. The molecule has 4 nitrogen and oxygen atoms in total. The first-order valence-electron chi connectivity index (χ1n) is 6.26. The molecule has 0 saturated heterocycles. The van der Waals surface area contributed by atoms with Crippen molar-refractivity contribution >= 4 is 11.6 Å². The molecule has 2 rings (SSSR count). The molecule has 1 heterocycles. The molecule has 0 fully saturated rings. The van der Waals surface area contributed by atoms with Gasteiger partial charge in [0.15, 0.2) is 6.61 Å². The van der Waals surface area contributed by atoms with Crippen LogP contribution in [0.3, 0.4) is 0 Å². The third-order valence-corrected chi connectivity index (χ3v) is 3.35. The molecular weight excluding hydrogens is 230 g/mol. The Morgan fingerprint density at radius 3 is 2.89 bits per heavy atom. The fourth-order valence-corrected chi connectivity index (χ4v) is 2.07. The van der Waals surface area contributed by atoms with Crippen LogP contribution in [0.4, 0.5) is 5.69 Å². The molecule has 4 heteroatoms. The van der Waals surface area contributed by atoms with Gasteiger partial charge in [0.25, 0.3) is 5.91 Å². The van der Waals surface area contributed by atoms with Crippen LogP contribution in [0, 0.1) is 11.8 Å². The van der Waals surface area contributed by atoms with E-state index >= 15 is 0 Å². The number of carbonyl (C=O) groups excluding carboxylic acids is 1. The highest BCUT2D eigenvalue weighted by Crippen LogP contribution is 2.29. The van der Waals surface area contributed by atoms with Crippen molar-refractivity contribution in [3.8, 4) is 5.75 Å². The lowest BCUT2D eigenvalue weighted by Gasteiger charge is -2.21. The zero-order chi connectivity index (χ0) is 13.1. The van der Waals surface area contributed by atoms with E-state index in [2.05, 4.69) is 19.2 Å². The van der Waals surface area contributed by atoms with Gasteiger partial charge in [-0.2, -0.15) is 0 Å². The Morgan fingerprint density at radius 2 is 2.22 bits per heavy atom. The number of aliphatic hydroxyl groups is 1. The van der Waals surface area contributed by atoms with Crippen LogP contribution in [-0.2, 0) is 11.2 Å². The van der Waals surface area contributed by atoms with E-state index in [1.54, 1.807) is 0 Å². The van der Waals surface area contributed by atoms with Crippen molar-refractivity contribution in [2.24, 2.45) is 11.8 Å². The van der Waals surface area contributed by atoms with Gasteiger partial charge in [-0.3, -0.25) is 4.79 Å². The summed E-state index contributed by atoms with van der Waals surface area (Å²) in [6, 6.07) is 5.79. The second-order valence-corrected chi connectivity index (χ2v) is 5.06. The summed E-state index contributed by atoms with van der Waals surface area (Å²) in [5, 5.41) is 12.1. The minimum Gasteiger partial charge on any atom is -0.482 e. The first-order chi connectivity index (χ1) is 8.60. The fraction of sp³-hybridized carbons (Fsp3) is 0.500. The molecule has 0 spiro atoms. The van der Waals surface area contributed by atoms with Crippen LogP contribution in [0.15, 0.2) is 18.2 Å². The largest absolute Gasteiger partial charge is 0.482 e. The van der Waals surface area contributed by atoms with Crippen molar-refractivity contribution in [2.75, 3.05) is 18.5 Å². The maximum absolute atomic E-state index is 11.2. The molecule has 1 atom stereocenters. The van der Waals surface area contributed by atoms with Crippen LogP contribution in [0.25, 0.3) is 0 Å². The van der Waals surface area contributed by atoms with Crippen molar-refractivity contribution in [3.63, 3.8) is 0 Å². The second kappa shape index (κ2) is 5.40. The predicted molar refractivity (Wildman–Crippen MR) is 69.7 cm³/mol. The summed E-state index contributed by atoms with van der Waals surface area (Å²) in [5.41, 5.74) is 1.83. The topological polar surface area (TPSA) is 58.6 Å². The average molecular weight is 249 g/mol. The van der Waals surface area contributed by atoms with E-state index in [1.165, 1.54) is 0 Å². The lowest BCUT2D eigenvalue weighted by molar-refractivity contribution is -0.118. The molecular formula is C14H19NO3. The third kappa shape index (κ3) is 2.82. The van der Waals surface area contributed by atoms with E-state index in [-0.39, 0.29) is 25.0 Å². The van der Waals surface area contributed by atoms with Gasteiger partial charge in [0.1, 0.15) is 5.75 Å². The first-order valence-corrected chi connectivity index (χ1v) is 6.26. The summed E-state index contributed by atoms with van der Waals surface area (Å²) < 4.78 is 5.31. The zero-order valence-electron chi connectivity index (χ0n) is 10.8. The van der Waals surface area contributed by atoms with E-state index in [9.17, 15) is 9.90 Å². The van der Waals surface area contributed by atoms with Crippen molar-refractivity contribution in [1.29, 1.82) is 0 Å². The number of amides is 1. The van der Waals surface area contributed by atoms with Gasteiger partial charge in [0.05, 0.1) is 5.69 Å². The van der Waals surface area contributed by atoms with Crippen LogP contribution < -0.4 is 10.1 Å². The number of anilines is 1. The van der Waals surface area contributed by atoms with E-state index < -0.39 is 0 Å². The van der Waals surface area contributed by atoms with E-state index in [4.69, 9.17) is 4.74 Å². The number of hydrogen-bond donors (Lipinski definition) is 2. The summed E-state index contributed by atoms with van der Waals surface area (Å²) in [6.45, 7) is 4.46. The summed E-state index contributed by atoms with van der Waals surface area (Å²) in [6.07, 6.45) is 0.803. The molecule has 1 amide bonds. The number of nitrogens with one attached hydrogen (secondary N) is 1. The Bertz CT molecular complexity index is 443. The third-order valence-electron chi connectivity index (χ3n) is 3.35. The van der Waals surface area contributed by atoms with E-state index in [0.29, 0.717) is 11.7 Å². The van der Waals surface area contributed by atoms with Crippen molar-refractivity contribution in [1.82, 2.24) is 0 Å². The number of hydrogen-bond acceptors (Lipinski definition) is 3. The van der Waals surface area contributed by atoms with Crippen LogP contribution in [-0.4, -0.2) is 24.2 Å². The van der Waals surface area contributed by atoms with Gasteiger partial charge in [-0.1, -0.05) is 19.9 Å². The summed E-state index contributed by atoms with van der Waals surface area (Å²) in [7, 11) is 0. The molecule has 18 heavy (non-hydrogen) atoms. The number of benzene rings is 1. The molecule has 0 bridgehead atoms. The molecule has 0 radical (unpaired) electrons. The van der Waals surface area contributed by atoms with Crippen molar-refractivity contribution in [2.45, 2.75) is 20.3 Å². The van der Waals surface area contributed by atoms with Gasteiger partial charge in [-0.05, 0) is 36.0 Å². The molecule has 0 aromatic heterocycles. The monoisotopic (exact) mass is 249 g/mol. The molecule has 0 aliphatic carbocycles. The van der Waals surface area contributed by atoms with Gasteiger partial charge in [0, 0.05) is 6.61 Å². The molecule has 1 unspecified atom stereocenters. The number of fused-ring (bicyclic) bond motifs is 1. The Hall–Kier alpha value is -1.55. The molecule has 2 N–H and O–H groups in total. The minimum absolute atomic E-state index is 0.0810. The smallest absolute Gasteiger partial charge is 0.262 e. The number of ether oxygens (including phenoxy) is 1. The minimum atomic E-state index is -0.123. The highest BCUT2D eigenvalue weighted by atomic mass is 16.5. The Labute approximate surface area is 107 Å². The standard InChI is InChI=1S/C14H19NO3/c1-9(2)11(7-16)5-10-3-4-13-12(6-10)15-14(17)8-18-13/h3-4,6,9,11,16H,5,7-8H2,1-2H3,(H,15,17). The zero-order valence-corrected chi connectivity index (χ0v) is 10.8. The SMILES string of the molecule is CC(C)C(CO)Cc1ccc2c(c1)NC(=O)CO2. The molecule has 1 aliphatic rings. The highest BCUT2D eigenvalue weighted by molar-refractivity contribution is 5.95. The van der Waals surface area contributed by atoms with Gasteiger partial charge in [-0.25, -0.2) is 0 Å². The average Bonchev–Trinajstić information content (AvgIpc) is 2.35. The maximum Gasteiger partial charge on any atom is 0.262 e. The summed E-state index contributed by atoms with van der Waals surface area (Å²) in [4.78, 5) is 11.2. The molecule has 1 aromatic carbocycles. The number of aliphatic hydroxyl groups excluding tert-OH is 1. The Morgan fingerprint density at radius 1 is 1.44 bits per heavy atom. The Balaban J connectivity index is 2.15. The van der Waals surface area contributed by atoms with Gasteiger partial charge in [0.2, 0.25) is 0 Å². The van der Waals surface area contributed by atoms with Crippen LogP contribution >= 0.6 is 0 Å². The predicted octanol–water partition coefficient (Wildman–Crippen LogP) is 1.82. The van der Waals surface area contributed by atoms with Crippen LogP contribution in [0.5, 0.6) is 5.75 Å². The molecule has 0 saturated carbocycles. The molecule has 98 valence electrons.